The highest BCUT2D eigenvalue weighted by Gasteiger charge is 2.56. The summed E-state index contributed by atoms with van der Waals surface area (Å²) in [6.45, 7) is 0.919. The van der Waals surface area contributed by atoms with Crippen LogP contribution in [0.15, 0.2) is 36.9 Å². The quantitative estimate of drug-likeness (QED) is 0.753. The number of nitrogens with one attached hydrogen (secondary N) is 1. The fourth-order valence-electron chi connectivity index (χ4n) is 7.54. The number of nitrogens with zero attached hydrogens (tertiary/aromatic N) is 3. The molecule has 7 rings (SSSR count). The fraction of sp³-hybridized carbons (Fsp3) is 0.577. The number of carbonyl (C=O) groups is 2. The Balaban J connectivity index is 1.12. The van der Waals surface area contributed by atoms with Gasteiger partial charge >= 0.3 is 0 Å². The van der Waals surface area contributed by atoms with Crippen LogP contribution in [0.25, 0.3) is 5.69 Å². The highest BCUT2D eigenvalue weighted by Crippen LogP contribution is 2.60. The lowest BCUT2D eigenvalue weighted by molar-refractivity contribution is -0.160. The minimum absolute atomic E-state index is 0.121. The van der Waals surface area contributed by atoms with E-state index in [1.165, 1.54) is 25.3 Å². The second kappa shape index (κ2) is 7.96. The van der Waals surface area contributed by atoms with Crippen LogP contribution < -0.4 is 5.32 Å². The lowest BCUT2D eigenvalue weighted by atomic mass is 9.49. The van der Waals surface area contributed by atoms with E-state index < -0.39 is 6.04 Å². The first-order valence-electron chi connectivity index (χ1n) is 12.4. The van der Waals surface area contributed by atoms with Crippen molar-refractivity contribution in [2.75, 3.05) is 6.54 Å². The van der Waals surface area contributed by atoms with Crippen molar-refractivity contribution in [3.05, 3.63) is 48.3 Å². The van der Waals surface area contributed by atoms with Crippen LogP contribution in [-0.4, -0.2) is 38.9 Å². The molecule has 0 radical (unpaired) electrons. The molecule has 5 fully saturated rings. The van der Waals surface area contributed by atoms with Gasteiger partial charge in [-0.3, -0.25) is 9.59 Å². The van der Waals surface area contributed by atoms with Crippen molar-refractivity contribution in [2.24, 2.45) is 23.2 Å². The third kappa shape index (κ3) is 3.65. The van der Waals surface area contributed by atoms with Crippen molar-refractivity contribution in [3.8, 4) is 5.69 Å². The van der Waals surface area contributed by atoms with Crippen molar-refractivity contribution in [1.29, 1.82) is 0 Å². The van der Waals surface area contributed by atoms with E-state index in [1.54, 1.807) is 29.4 Å². The van der Waals surface area contributed by atoms with E-state index in [4.69, 9.17) is 0 Å². The molecule has 1 atom stereocenters. The number of likely N-dealkylation sites (tertiary alicyclic amines) is 1. The molecule has 5 aliphatic rings. The summed E-state index contributed by atoms with van der Waals surface area (Å²) in [7, 11) is 0. The van der Waals surface area contributed by atoms with Gasteiger partial charge in [-0.1, -0.05) is 6.07 Å². The average molecular weight is 451 g/mol. The molecule has 2 heterocycles. The summed E-state index contributed by atoms with van der Waals surface area (Å²) in [5, 5.41) is 2.96. The van der Waals surface area contributed by atoms with Gasteiger partial charge in [0.25, 0.3) is 0 Å². The van der Waals surface area contributed by atoms with Crippen molar-refractivity contribution >= 4 is 11.8 Å². The Morgan fingerprint density at radius 1 is 1.12 bits per heavy atom. The molecule has 1 aromatic carbocycles. The van der Waals surface area contributed by atoms with Crippen molar-refractivity contribution in [2.45, 2.75) is 64.0 Å². The highest BCUT2D eigenvalue weighted by molar-refractivity contribution is 5.91. The van der Waals surface area contributed by atoms with Crippen LogP contribution in [0.3, 0.4) is 0 Å². The molecule has 6 nitrogen and oxygen atoms in total. The summed E-state index contributed by atoms with van der Waals surface area (Å²) in [5.74, 6) is 1.86. The van der Waals surface area contributed by atoms with Crippen molar-refractivity contribution < 1.29 is 14.0 Å². The number of rotatable bonds is 5. The van der Waals surface area contributed by atoms with Gasteiger partial charge in [0.2, 0.25) is 11.8 Å². The molecule has 4 aliphatic carbocycles. The SMILES string of the molecule is O=C(NCc1ccc(-n2ccnc2)c(F)c1)C1CCCN1C(=O)C12CC3CC(CC(C3)C1)C2. The lowest BCUT2D eigenvalue weighted by Gasteiger charge is -2.56. The third-order valence-electron chi connectivity index (χ3n) is 8.57. The van der Waals surface area contributed by atoms with E-state index >= 15 is 0 Å². The van der Waals surface area contributed by atoms with Crippen LogP contribution in [0, 0.1) is 29.0 Å². The molecule has 1 saturated heterocycles. The zero-order valence-corrected chi connectivity index (χ0v) is 18.9. The number of hydrogen-bond acceptors (Lipinski definition) is 3. The monoisotopic (exact) mass is 450 g/mol. The zero-order valence-electron chi connectivity index (χ0n) is 18.9. The molecule has 1 N–H and O–H groups in total. The molecular formula is C26H31FN4O2. The Morgan fingerprint density at radius 2 is 1.85 bits per heavy atom. The molecule has 174 valence electrons. The van der Waals surface area contributed by atoms with E-state index in [2.05, 4.69) is 10.3 Å². The van der Waals surface area contributed by atoms with E-state index in [9.17, 15) is 14.0 Å². The largest absolute Gasteiger partial charge is 0.350 e. The summed E-state index contributed by atoms with van der Waals surface area (Å²) in [4.78, 5) is 32.7. The second-order valence-electron chi connectivity index (χ2n) is 10.8. The molecular weight excluding hydrogens is 419 g/mol. The minimum Gasteiger partial charge on any atom is -0.350 e. The Bertz CT molecular complexity index is 1030. The number of halogens is 1. The Kier molecular flexibility index (Phi) is 5.03. The Morgan fingerprint density at radius 3 is 2.48 bits per heavy atom. The number of hydrogen-bond donors (Lipinski definition) is 1. The fourth-order valence-corrected chi connectivity index (χ4v) is 7.54. The maximum absolute atomic E-state index is 14.6. The van der Waals surface area contributed by atoms with Crippen LogP contribution in [0.4, 0.5) is 4.39 Å². The number of benzene rings is 1. The molecule has 2 amide bonds. The molecule has 2 aromatic rings. The van der Waals surface area contributed by atoms with E-state index in [1.807, 2.05) is 11.0 Å². The maximum Gasteiger partial charge on any atom is 0.243 e. The number of imidazole rings is 1. The third-order valence-corrected chi connectivity index (χ3v) is 8.57. The van der Waals surface area contributed by atoms with Gasteiger partial charge in [0.05, 0.1) is 17.4 Å². The molecule has 33 heavy (non-hydrogen) atoms. The van der Waals surface area contributed by atoms with Gasteiger partial charge in [0.1, 0.15) is 11.9 Å². The maximum atomic E-state index is 14.6. The van der Waals surface area contributed by atoms with Gasteiger partial charge in [-0.2, -0.15) is 0 Å². The Hall–Kier alpha value is -2.70. The van der Waals surface area contributed by atoms with Gasteiger partial charge in [-0.15, -0.1) is 0 Å². The van der Waals surface area contributed by atoms with Crippen LogP contribution >= 0.6 is 0 Å². The smallest absolute Gasteiger partial charge is 0.243 e. The zero-order chi connectivity index (χ0) is 22.6. The number of carbonyl (C=O) groups excluding carboxylic acids is 2. The minimum atomic E-state index is -0.402. The first-order chi connectivity index (χ1) is 16.0. The standard InChI is InChI=1S/C26H31FN4O2/c27-21-11-17(3-4-22(21)30-7-5-28-16-30)15-29-24(32)23-2-1-6-31(23)25(33)26-12-18-8-19(13-26)10-20(9-18)14-26/h3-5,7,11,16,18-20,23H,1-2,6,8-10,12-15H2,(H,29,32). The molecule has 7 heteroatoms. The summed E-state index contributed by atoms with van der Waals surface area (Å²) < 4.78 is 16.2. The van der Waals surface area contributed by atoms with Crippen LogP contribution in [0.5, 0.6) is 0 Å². The summed E-state index contributed by atoms with van der Waals surface area (Å²) >= 11 is 0. The highest BCUT2D eigenvalue weighted by atomic mass is 19.1. The normalized spacial score (nSPS) is 32.3. The van der Waals surface area contributed by atoms with Crippen molar-refractivity contribution in [3.63, 3.8) is 0 Å². The molecule has 1 unspecified atom stereocenters. The second-order valence-corrected chi connectivity index (χ2v) is 10.8. The molecule has 1 aliphatic heterocycles. The van der Waals surface area contributed by atoms with Crippen molar-refractivity contribution in [1.82, 2.24) is 19.8 Å². The molecule has 0 spiro atoms. The molecule has 4 bridgehead atoms. The van der Waals surface area contributed by atoms with Gasteiger partial charge in [-0.05, 0) is 86.8 Å². The summed E-state index contributed by atoms with van der Waals surface area (Å²) in [6.07, 6.45) is 13.4. The van der Waals surface area contributed by atoms with E-state index in [0.29, 0.717) is 42.0 Å². The summed E-state index contributed by atoms with van der Waals surface area (Å²) in [5.41, 5.74) is 0.900. The lowest BCUT2D eigenvalue weighted by Crippen LogP contribution is -2.57. The molecule has 4 saturated carbocycles. The average Bonchev–Trinajstić information content (AvgIpc) is 3.48. The van der Waals surface area contributed by atoms with Crippen LogP contribution in [0.2, 0.25) is 0 Å². The van der Waals surface area contributed by atoms with Gasteiger partial charge < -0.3 is 14.8 Å². The Labute approximate surface area is 193 Å². The first-order valence-corrected chi connectivity index (χ1v) is 12.4. The van der Waals surface area contributed by atoms with E-state index in [-0.39, 0.29) is 29.6 Å². The van der Waals surface area contributed by atoms with Gasteiger partial charge in [0, 0.05) is 25.5 Å². The summed E-state index contributed by atoms with van der Waals surface area (Å²) in [6, 6.07) is 4.55. The van der Waals surface area contributed by atoms with Crippen LogP contribution in [0.1, 0.15) is 56.9 Å². The predicted octanol–water partition coefficient (Wildman–Crippen LogP) is 3.84. The number of aromatic nitrogens is 2. The van der Waals surface area contributed by atoms with Gasteiger partial charge in [0.15, 0.2) is 0 Å². The van der Waals surface area contributed by atoms with E-state index in [0.717, 1.165) is 25.7 Å². The molecule has 1 aromatic heterocycles. The van der Waals surface area contributed by atoms with Crippen LogP contribution in [-0.2, 0) is 16.1 Å². The first kappa shape index (κ1) is 20.9. The predicted molar refractivity (Wildman–Crippen MR) is 121 cm³/mol. The number of amides is 2. The van der Waals surface area contributed by atoms with Gasteiger partial charge in [-0.25, -0.2) is 9.37 Å². The topological polar surface area (TPSA) is 67.2 Å².